The van der Waals surface area contributed by atoms with Gasteiger partial charge >= 0.3 is 0 Å². The van der Waals surface area contributed by atoms with Crippen LogP contribution in [-0.4, -0.2) is 9.97 Å². The summed E-state index contributed by atoms with van der Waals surface area (Å²) in [5.74, 6) is 3.40. The van der Waals surface area contributed by atoms with Gasteiger partial charge in [-0.15, -0.1) is 6.42 Å². The molecule has 0 N–H and O–H groups in total. The first-order chi connectivity index (χ1) is 12.3. The maximum Gasteiger partial charge on any atom is 0.160 e. The molecule has 0 fully saturated rings. The van der Waals surface area contributed by atoms with Crippen LogP contribution in [0.3, 0.4) is 0 Å². The number of aromatic nitrogens is 2. The molecule has 0 saturated carbocycles. The van der Waals surface area contributed by atoms with Gasteiger partial charge in [-0.2, -0.15) is 0 Å². The summed E-state index contributed by atoms with van der Waals surface area (Å²) in [7, 11) is 0. The van der Waals surface area contributed by atoms with E-state index in [9.17, 15) is 0 Å². The second kappa shape index (κ2) is 7.90. The van der Waals surface area contributed by atoms with Crippen LogP contribution in [0.2, 0.25) is 0 Å². The van der Waals surface area contributed by atoms with Crippen LogP contribution < -0.4 is 0 Å². The number of allylic oxidation sites excluding steroid dienone is 4. The fourth-order valence-corrected chi connectivity index (χ4v) is 2.46. The predicted molar refractivity (Wildman–Crippen MR) is 105 cm³/mol. The molecule has 0 atom stereocenters. The van der Waals surface area contributed by atoms with Crippen molar-refractivity contribution in [3.63, 3.8) is 0 Å². The van der Waals surface area contributed by atoms with Crippen molar-refractivity contribution in [3.8, 4) is 35.0 Å². The molecule has 0 spiro atoms. The average molecular weight is 322 g/mol. The van der Waals surface area contributed by atoms with E-state index in [0.717, 1.165) is 28.1 Å². The number of benzene rings is 2. The van der Waals surface area contributed by atoms with E-state index in [0.29, 0.717) is 5.82 Å². The van der Waals surface area contributed by atoms with E-state index >= 15 is 0 Å². The molecule has 0 saturated heterocycles. The zero-order chi connectivity index (χ0) is 17.5. The second-order valence-electron chi connectivity index (χ2n) is 5.44. The molecule has 0 unspecified atom stereocenters. The highest BCUT2D eigenvalue weighted by Gasteiger charge is 2.10. The number of rotatable bonds is 4. The molecule has 0 aliphatic heterocycles. The van der Waals surface area contributed by atoms with Gasteiger partial charge in [0.05, 0.1) is 17.0 Å². The number of hydrogen-bond acceptors (Lipinski definition) is 2. The first-order valence-corrected chi connectivity index (χ1v) is 8.11. The van der Waals surface area contributed by atoms with Crippen LogP contribution in [0, 0.1) is 12.3 Å². The van der Waals surface area contributed by atoms with E-state index in [1.54, 1.807) is 0 Å². The Morgan fingerprint density at radius 3 is 2.16 bits per heavy atom. The lowest BCUT2D eigenvalue weighted by Gasteiger charge is -2.08. The maximum atomic E-state index is 5.71. The molecule has 120 valence electrons. The fourth-order valence-electron chi connectivity index (χ4n) is 2.46. The van der Waals surface area contributed by atoms with Gasteiger partial charge in [-0.1, -0.05) is 78.7 Å². The molecule has 1 aromatic heterocycles. The Balaban J connectivity index is 2.20. The lowest BCUT2D eigenvalue weighted by atomic mass is 10.1. The highest BCUT2D eigenvalue weighted by Crippen LogP contribution is 2.25. The molecule has 2 aromatic carbocycles. The lowest BCUT2D eigenvalue weighted by Crippen LogP contribution is -1.97. The Kier molecular flexibility index (Phi) is 5.19. The van der Waals surface area contributed by atoms with E-state index in [1.165, 1.54) is 0 Å². The van der Waals surface area contributed by atoms with Crippen LogP contribution in [0.1, 0.15) is 12.6 Å². The van der Waals surface area contributed by atoms with E-state index in [2.05, 4.69) is 5.92 Å². The molecular formula is C23H18N2. The molecular weight excluding hydrogens is 304 g/mol. The molecule has 2 nitrogen and oxygen atoms in total. The third kappa shape index (κ3) is 3.91. The largest absolute Gasteiger partial charge is 0.228 e. The van der Waals surface area contributed by atoms with Crippen molar-refractivity contribution in [2.24, 2.45) is 0 Å². The molecule has 2 heteroatoms. The van der Waals surface area contributed by atoms with Crippen molar-refractivity contribution in [2.45, 2.75) is 6.92 Å². The van der Waals surface area contributed by atoms with Gasteiger partial charge in [0.2, 0.25) is 0 Å². The molecule has 3 aromatic rings. The molecule has 0 aliphatic carbocycles. The molecule has 1 heterocycles. The molecule has 0 bridgehead atoms. The van der Waals surface area contributed by atoms with Gasteiger partial charge in [-0.25, -0.2) is 9.97 Å². The van der Waals surface area contributed by atoms with Crippen LogP contribution in [0.5, 0.6) is 0 Å². The van der Waals surface area contributed by atoms with Crippen LogP contribution in [-0.2, 0) is 0 Å². The molecule has 0 radical (unpaired) electrons. The van der Waals surface area contributed by atoms with Crippen molar-refractivity contribution >= 4 is 5.57 Å². The normalized spacial score (nSPS) is 11.4. The van der Waals surface area contributed by atoms with E-state index < -0.39 is 0 Å². The monoisotopic (exact) mass is 322 g/mol. The highest BCUT2D eigenvalue weighted by atomic mass is 14.9. The van der Waals surface area contributed by atoms with Crippen LogP contribution in [0.25, 0.3) is 28.2 Å². The van der Waals surface area contributed by atoms with Crippen molar-refractivity contribution in [2.75, 3.05) is 0 Å². The first kappa shape index (κ1) is 16.4. The minimum atomic E-state index is 0.665. The quantitative estimate of drug-likeness (QED) is 0.474. The van der Waals surface area contributed by atoms with E-state index in [1.807, 2.05) is 91.9 Å². The summed E-state index contributed by atoms with van der Waals surface area (Å²) in [5.41, 5.74) is 4.32. The van der Waals surface area contributed by atoms with Crippen molar-refractivity contribution in [3.05, 3.63) is 90.7 Å². The summed E-state index contributed by atoms with van der Waals surface area (Å²) >= 11 is 0. The summed E-state index contributed by atoms with van der Waals surface area (Å²) in [5, 5.41) is 0. The lowest BCUT2D eigenvalue weighted by molar-refractivity contribution is 1.16. The summed E-state index contributed by atoms with van der Waals surface area (Å²) in [6.45, 7) is 1.95. The minimum Gasteiger partial charge on any atom is -0.228 e. The topological polar surface area (TPSA) is 25.8 Å². The molecule has 0 amide bonds. The Morgan fingerprint density at radius 1 is 0.920 bits per heavy atom. The molecule has 0 aliphatic rings. The van der Waals surface area contributed by atoms with Crippen molar-refractivity contribution in [1.82, 2.24) is 9.97 Å². The van der Waals surface area contributed by atoms with Crippen molar-refractivity contribution < 1.29 is 0 Å². The summed E-state index contributed by atoms with van der Waals surface area (Å²) < 4.78 is 0. The standard InChI is InChI=1S/C23H18N2/c1-3-5-12-18(4-2)21-17-22(19-13-8-6-9-14-19)25-23(24-21)20-15-10-7-11-16-20/h2-3,5-17H,1H3/b5-3-,18-12+. The predicted octanol–water partition coefficient (Wildman–Crippen LogP) is 5.40. The number of terminal acetylenes is 1. The van der Waals surface area contributed by atoms with Crippen LogP contribution in [0.15, 0.2) is 85.0 Å². The number of hydrogen-bond donors (Lipinski definition) is 0. The van der Waals surface area contributed by atoms with Gasteiger partial charge < -0.3 is 0 Å². The SMILES string of the molecule is C#C/C(=C\C=C/C)c1cc(-c2ccccc2)nc(-c2ccccc2)n1. The van der Waals surface area contributed by atoms with Gasteiger partial charge in [-0.3, -0.25) is 0 Å². The van der Waals surface area contributed by atoms with Gasteiger partial charge in [0, 0.05) is 11.1 Å². The Bertz CT molecular complexity index is 889. The third-order valence-corrected chi connectivity index (χ3v) is 3.71. The zero-order valence-electron chi connectivity index (χ0n) is 14.1. The second-order valence-corrected chi connectivity index (χ2v) is 5.44. The van der Waals surface area contributed by atoms with Crippen LogP contribution >= 0.6 is 0 Å². The maximum absolute atomic E-state index is 5.71. The average Bonchev–Trinajstić information content (AvgIpc) is 2.70. The van der Waals surface area contributed by atoms with E-state index in [4.69, 9.17) is 16.4 Å². The number of nitrogens with zero attached hydrogens (tertiary/aromatic N) is 2. The first-order valence-electron chi connectivity index (χ1n) is 8.11. The highest BCUT2D eigenvalue weighted by molar-refractivity contribution is 5.80. The zero-order valence-corrected chi connectivity index (χ0v) is 14.1. The Morgan fingerprint density at radius 2 is 1.56 bits per heavy atom. The van der Waals surface area contributed by atoms with Gasteiger partial charge in [0.15, 0.2) is 5.82 Å². The smallest absolute Gasteiger partial charge is 0.160 e. The Labute approximate surface area is 148 Å². The van der Waals surface area contributed by atoms with Crippen LogP contribution in [0.4, 0.5) is 0 Å². The van der Waals surface area contributed by atoms with E-state index in [-0.39, 0.29) is 0 Å². The summed E-state index contributed by atoms with van der Waals surface area (Å²) in [6, 6.07) is 21.9. The van der Waals surface area contributed by atoms with Gasteiger partial charge in [-0.05, 0) is 19.1 Å². The Hall–Kier alpha value is -3.44. The minimum absolute atomic E-state index is 0.665. The summed E-state index contributed by atoms with van der Waals surface area (Å²) in [6.07, 6.45) is 11.5. The van der Waals surface area contributed by atoms with Gasteiger partial charge in [0.25, 0.3) is 0 Å². The molecule has 3 rings (SSSR count). The molecule has 25 heavy (non-hydrogen) atoms. The van der Waals surface area contributed by atoms with Gasteiger partial charge in [0.1, 0.15) is 0 Å². The third-order valence-electron chi connectivity index (χ3n) is 3.71. The van der Waals surface area contributed by atoms with Crippen molar-refractivity contribution in [1.29, 1.82) is 0 Å². The fraction of sp³-hybridized carbons (Fsp3) is 0.0435. The summed E-state index contributed by atoms with van der Waals surface area (Å²) in [4.78, 5) is 9.44.